The molecule has 3 aromatic rings. The summed E-state index contributed by atoms with van der Waals surface area (Å²) >= 11 is 5.27. The fourth-order valence-corrected chi connectivity index (χ4v) is 2.45. The normalized spacial score (nSPS) is 10.5. The summed E-state index contributed by atoms with van der Waals surface area (Å²) in [6.07, 6.45) is 1.75. The van der Waals surface area contributed by atoms with Crippen LogP contribution in [0.1, 0.15) is 5.69 Å². The highest BCUT2D eigenvalue weighted by Gasteiger charge is 2.10. The Labute approximate surface area is 140 Å². The van der Waals surface area contributed by atoms with Gasteiger partial charge in [-0.3, -0.25) is 0 Å². The second kappa shape index (κ2) is 6.58. The molecule has 0 aliphatic rings. The summed E-state index contributed by atoms with van der Waals surface area (Å²) in [6.45, 7) is 6.20. The molecule has 5 nitrogen and oxygen atoms in total. The fourth-order valence-electron chi connectivity index (χ4n) is 2.26. The smallest absolute Gasteiger partial charge is 0.172 e. The summed E-state index contributed by atoms with van der Waals surface area (Å²) in [7, 11) is 0. The number of fused-ring (bicyclic) bond motifs is 1. The van der Waals surface area contributed by atoms with Gasteiger partial charge in [0.1, 0.15) is 5.82 Å². The predicted molar refractivity (Wildman–Crippen MR) is 98.0 cm³/mol. The number of hydrogen-bond acceptors (Lipinski definition) is 3. The number of anilines is 1. The maximum Gasteiger partial charge on any atom is 0.172 e. The highest BCUT2D eigenvalue weighted by Crippen LogP contribution is 2.19. The maximum absolute atomic E-state index is 5.27. The zero-order valence-corrected chi connectivity index (χ0v) is 13.6. The van der Waals surface area contributed by atoms with Crippen molar-refractivity contribution < 1.29 is 0 Å². The second-order valence-electron chi connectivity index (χ2n) is 5.07. The van der Waals surface area contributed by atoms with Gasteiger partial charge in [0.2, 0.25) is 0 Å². The lowest BCUT2D eigenvalue weighted by molar-refractivity contribution is 0.844. The molecule has 116 valence electrons. The molecule has 3 rings (SSSR count). The number of nitrogens with zero attached hydrogens (tertiary/aromatic N) is 3. The van der Waals surface area contributed by atoms with Crippen molar-refractivity contribution in [3.05, 3.63) is 60.8 Å². The van der Waals surface area contributed by atoms with E-state index in [9.17, 15) is 0 Å². The van der Waals surface area contributed by atoms with Crippen molar-refractivity contribution in [3.63, 3.8) is 0 Å². The van der Waals surface area contributed by atoms with E-state index in [4.69, 9.17) is 12.2 Å². The van der Waals surface area contributed by atoms with E-state index in [1.54, 1.807) is 10.8 Å². The van der Waals surface area contributed by atoms with Crippen LogP contribution in [-0.4, -0.2) is 26.4 Å². The SMILES string of the molecule is C=CCNC(=S)Nc1cc(C)nn1-c1ccc2ccccc2n1. The minimum Gasteiger partial charge on any atom is -0.359 e. The van der Waals surface area contributed by atoms with Crippen LogP contribution in [0.3, 0.4) is 0 Å². The molecule has 0 aliphatic carbocycles. The Morgan fingerprint density at radius 3 is 2.96 bits per heavy atom. The number of hydrogen-bond donors (Lipinski definition) is 2. The molecule has 0 atom stereocenters. The Morgan fingerprint density at radius 1 is 1.30 bits per heavy atom. The lowest BCUT2D eigenvalue weighted by atomic mass is 10.2. The summed E-state index contributed by atoms with van der Waals surface area (Å²) in [5.41, 5.74) is 1.81. The quantitative estimate of drug-likeness (QED) is 0.570. The average Bonchev–Trinajstić information content (AvgIpc) is 2.92. The van der Waals surface area contributed by atoms with Crippen LogP contribution in [-0.2, 0) is 0 Å². The van der Waals surface area contributed by atoms with Crippen LogP contribution in [0.15, 0.2) is 55.1 Å². The van der Waals surface area contributed by atoms with E-state index in [-0.39, 0.29) is 0 Å². The first-order chi connectivity index (χ1) is 11.2. The minimum absolute atomic E-state index is 0.520. The number of para-hydroxylation sites is 1. The topological polar surface area (TPSA) is 54.8 Å². The molecule has 0 saturated carbocycles. The van der Waals surface area contributed by atoms with E-state index in [1.807, 2.05) is 49.4 Å². The highest BCUT2D eigenvalue weighted by molar-refractivity contribution is 7.80. The van der Waals surface area contributed by atoms with Crippen LogP contribution in [0.2, 0.25) is 0 Å². The Hall–Kier alpha value is -2.73. The van der Waals surface area contributed by atoms with Gasteiger partial charge in [-0.25, -0.2) is 4.98 Å². The third-order valence-corrected chi connectivity index (χ3v) is 3.53. The van der Waals surface area contributed by atoms with Crippen molar-refractivity contribution in [1.29, 1.82) is 0 Å². The molecular weight excluding hydrogens is 306 g/mol. The van der Waals surface area contributed by atoms with Gasteiger partial charge >= 0.3 is 0 Å². The third-order valence-electron chi connectivity index (χ3n) is 3.28. The zero-order valence-electron chi connectivity index (χ0n) is 12.8. The number of rotatable bonds is 4. The van der Waals surface area contributed by atoms with Crippen LogP contribution in [0.4, 0.5) is 5.82 Å². The van der Waals surface area contributed by atoms with Gasteiger partial charge in [0.05, 0.1) is 11.2 Å². The summed E-state index contributed by atoms with van der Waals surface area (Å²) < 4.78 is 1.75. The summed E-state index contributed by atoms with van der Waals surface area (Å²) in [4.78, 5) is 4.67. The fraction of sp³-hybridized carbons (Fsp3) is 0.118. The standard InChI is InChI=1S/C17H17N5S/c1-3-10-18-17(23)20-16-11-12(2)21-22(16)15-9-8-13-6-4-5-7-14(13)19-15/h3-9,11H,1,10H2,2H3,(H2,18,20,23). The van der Waals surface area contributed by atoms with Crippen LogP contribution >= 0.6 is 12.2 Å². The van der Waals surface area contributed by atoms with E-state index >= 15 is 0 Å². The van der Waals surface area contributed by atoms with E-state index in [0.29, 0.717) is 11.7 Å². The van der Waals surface area contributed by atoms with Crippen molar-refractivity contribution >= 4 is 34.1 Å². The maximum atomic E-state index is 5.27. The first-order valence-corrected chi connectivity index (χ1v) is 7.67. The largest absolute Gasteiger partial charge is 0.359 e. The van der Waals surface area contributed by atoms with E-state index in [0.717, 1.165) is 28.2 Å². The molecule has 0 unspecified atom stereocenters. The first-order valence-electron chi connectivity index (χ1n) is 7.26. The van der Waals surface area contributed by atoms with Gasteiger partial charge in [-0.2, -0.15) is 9.78 Å². The second-order valence-corrected chi connectivity index (χ2v) is 5.48. The molecule has 0 spiro atoms. The molecule has 2 aromatic heterocycles. The lowest BCUT2D eigenvalue weighted by Crippen LogP contribution is -2.29. The van der Waals surface area contributed by atoms with Crippen molar-refractivity contribution in [2.24, 2.45) is 0 Å². The Bertz CT molecular complexity index is 868. The molecule has 6 heteroatoms. The molecule has 0 aliphatic heterocycles. The van der Waals surface area contributed by atoms with Gasteiger partial charge in [0.25, 0.3) is 0 Å². The number of aryl methyl sites for hydroxylation is 1. The predicted octanol–water partition coefficient (Wildman–Crippen LogP) is 3.20. The van der Waals surface area contributed by atoms with Crippen molar-refractivity contribution in [2.45, 2.75) is 6.92 Å². The van der Waals surface area contributed by atoms with Crippen molar-refractivity contribution in [2.75, 3.05) is 11.9 Å². The van der Waals surface area contributed by atoms with Crippen LogP contribution in [0, 0.1) is 6.92 Å². The summed E-state index contributed by atoms with van der Waals surface area (Å²) in [6, 6.07) is 13.9. The van der Waals surface area contributed by atoms with Crippen molar-refractivity contribution in [1.82, 2.24) is 20.1 Å². The molecule has 2 heterocycles. The number of nitrogens with one attached hydrogen (secondary N) is 2. The molecule has 0 fully saturated rings. The monoisotopic (exact) mass is 323 g/mol. The van der Waals surface area contributed by atoms with E-state index < -0.39 is 0 Å². The molecule has 0 amide bonds. The van der Waals surface area contributed by atoms with Crippen LogP contribution in [0.5, 0.6) is 0 Å². The zero-order chi connectivity index (χ0) is 16.2. The molecule has 0 saturated heterocycles. The number of thiocarbonyl (C=S) groups is 1. The molecular formula is C17H17N5S. The van der Waals surface area contributed by atoms with Gasteiger partial charge in [-0.05, 0) is 37.3 Å². The first kappa shape index (κ1) is 15.2. The van der Waals surface area contributed by atoms with Crippen LogP contribution < -0.4 is 10.6 Å². The molecule has 0 bridgehead atoms. The van der Waals surface area contributed by atoms with E-state index in [1.165, 1.54) is 0 Å². The number of pyridine rings is 1. The van der Waals surface area contributed by atoms with Gasteiger partial charge in [0.15, 0.2) is 10.9 Å². The van der Waals surface area contributed by atoms with Crippen molar-refractivity contribution in [3.8, 4) is 5.82 Å². The minimum atomic E-state index is 0.520. The Balaban J connectivity index is 1.94. The van der Waals surface area contributed by atoms with E-state index in [2.05, 4.69) is 27.3 Å². The van der Waals surface area contributed by atoms with Gasteiger partial charge in [0, 0.05) is 18.0 Å². The molecule has 2 N–H and O–H groups in total. The van der Waals surface area contributed by atoms with Gasteiger partial charge in [-0.15, -0.1) is 6.58 Å². The number of aromatic nitrogens is 3. The average molecular weight is 323 g/mol. The van der Waals surface area contributed by atoms with Gasteiger partial charge < -0.3 is 10.6 Å². The highest BCUT2D eigenvalue weighted by atomic mass is 32.1. The summed E-state index contributed by atoms with van der Waals surface area (Å²) in [5, 5.41) is 12.3. The Morgan fingerprint density at radius 2 is 2.13 bits per heavy atom. The van der Waals surface area contributed by atoms with Gasteiger partial charge in [-0.1, -0.05) is 24.3 Å². The summed E-state index contributed by atoms with van der Waals surface area (Å²) in [5.74, 6) is 1.51. The number of benzene rings is 1. The lowest BCUT2D eigenvalue weighted by Gasteiger charge is -2.11. The molecule has 0 radical (unpaired) electrons. The van der Waals surface area contributed by atoms with Crippen LogP contribution in [0.25, 0.3) is 16.7 Å². The molecule has 23 heavy (non-hydrogen) atoms. The molecule has 1 aromatic carbocycles. The third kappa shape index (κ3) is 3.37. The Kier molecular flexibility index (Phi) is 4.34.